The molecule has 0 spiro atoms. The molecule has 0 atom stereocenters. The first kappa shape index (κ1) is 21.8. The van der Waals surface area contributed by atoms with Crippen LogP contribution in [0.25, 0.3) is 22.3 Å². The summed E-state index contributed by atoms with van der Waals surface area (Å²) in [4.78, 5) is 29.2. The van der Waals surface area contributed by atoms with E-state index in [1.165, 1.54) is 21.9 Å². The average molecular weight is 465 g/mol. The Kier molecular flexibility index (Phi) is 5.17. The summed E-state index contributed by atoms with van der Waals surface area (Å²) < 4.78 is 40.2. The molecule has 0 radical (unpaired) electrons. The Morgan fingerprint density at radius 2 is 1.88 bits per heavy atom. The Labute approximate surface area is 192 Å². The van der Waals surface area contributed by atoms with E-state index in [4.69, 9.17) is 4.98 Å². The van der Waals surface area contributed by atoms with Crippen molar-refractivity contribution in [2.75, 3.05) is 11.9 Å². The maximum atomic E-state index is 13.4. The molecule has 0 unspecified atom stereocenters. The lowest BCUT2D eigenvalue weighted by molar-refractivity contribution is -0.137. The van der Waals surface area contributed by atoms with Crippen LogP contribution < -0.4 is 4.90 Å². The van der Waals surface area contributed by atoms with Crippen molar-refractivity contribution in [2.24, 2.45) is 0 Å². The molecular formula is C24H18F3N5O2. The Bertz CT molecular complexity index is 1410. The van der Waals surface area contributed by atoms with E-state index in [0.717, 1.165) is 12.1 Å². The molecule has 2 amide bonds. The van der Waals surface area contributed by atoms with Crippen molar-refractivity contribution >= 4 is 28.4 Å². The molecule has 0 bridgehead atoms. The number of benzene rings is 1. The number of amides is 2. The third-order valence-electron chi connectivity index (χ3n) is 5.63. The van der Waals surface area contributed by atoms with E-state index in [2.05, 4.69) is 9.97 Å². The Morgan fingerprint density at radius 3 is 2.59 bits per heavy atom. The average Bonchev–Trinajstić information content (AvgIpc) is 2.84. The smallest absolute Gasteiger partial charge is 0.390 e. The van der Waals surface area contributed by atoms with E-state index >= 15 is 0 Å². The fourth-order valence-corrected chi connectivity index (χ4v) is 3.94. The summed E-state index contributed by atoms with van der Waals surface area (Å²) in [5.74, 6) is 0. The number of hydrogen-bond acceptors (Lipinski definition) is 5. The predicted octanol–water partition coefficient (Wildman–Crippen LogP) is 4.91. The summed E-state index contributed by atoms with van der Waals surface area (Å²) in [5, 5.41) is 9.23. The van der Waals surface area contributed by atoms with Gasteiger partial charge < -0.3 is 10.0 Å². The first-order valence-electron chi connectivity index (χ1n) is 10.3. The number of hydrogen-bond donors (Lipinski definition) is 1. The fourth-order valence-electron chi connectivity index (χ4n) is 3.94. The van der Waals surface area contributed by atoms with Crippen LogP contribution in [-0.4, -0.2) is 38.0 Å². The van der Waals surface area contributed by atoms with Crippen LogP contribution >= 0.6 is 0 Å². The zero-order valence-electron chi connectivity index (χ0n) is 17.9. The second-order valence-electron chi connectivity index (χ2n) is 7.91. The van der Waals surface area contributed by atoms with E-state index in [1.807, 2.05) is 0 Å². The van der Waals surface area contributed by atoms with Gasteiger partial charge in [-0.05, 0) is 42.5 Å². The monoisotopic (exact) mass is 465 g/mol. The molecule has 10 heteroatoms. The minimum Gasteiger partial charge on any atom is -0.390 e. The number of aliphatic hydroxyl groups is 1. The van der Waals surface area contributed by atoms with Crippen LogP contribution in [0.5, 0.6) is 0 Å². The number of urea groups is 1. The second kappa shape index (κ2) is 8.07. The number of alkyl halides is 3. The molecule has 1 aromatic carbocycles. The number of carbonyl (C=O) groups excluding carboxylic acids is 1. The van der Waals surface area contributed by atoms with Crippen LogP contribution in [0.3, 0.4) is 0 Å². The number of rotatable bonds is 3. The van der Waals surface area contributed by atoms with Gasteiger partial charge in [0.25, 0.3) is 0 Å². The van der Waals surface area contributed by atoms with E-state index < -0.39 is 17.8 Å². The van der Waals surface area contributed by atoms with Gasteiger partial charge in [0.2, 0.25) is 0 Å². The zero-order valence-corrected chi connectivity index (χ0v) is 17.9. The summed E-state index contributed by atoms with van der Waals surface area (Å²) in [5.41, 5.74) is 2.91. The van der Waals surface area contributed by atoms with Gasteiger partial charge in [-0.1, -0.05) is 6.07 Å². The molecule has 7 nitrogen and oxygen atoms in total. The molecule has 0 saturated carbocycles. The first-order chi connectivity index (χ1) is 16.3. The van der Waals surface area contributed by atoms with Crippen molar-refractivity contribution in [1.29, 1.82) is 0 Å². The highest BCUT2D eigenvalue weighted by molar-refractivity contribution is 6.08. The van der Waals surface area contributed by atoms with Crippen molar-refractivity contribution in [3.8, 4) is 11.3 Å². The highest BCUT2D eigenvalue weighted by atomic mass is 19.4. The van der Waals surface area contributed by atoms with E-state index in [9.17, 15) is 23.1 Å². The molecule has 1 N–H and O–H groups in total. The lowest BCUT2D eigenvalue weighted by Gasteiger charge is -2.35. The van der Waals surface area contributed by atoms with Gasteiger partial charge in [-0.3, -0.25) is 14.9 Å². The molecule has 34 heavy (non-hydrogen) atoms. The number of aromatic nitrogens is 3. The SMILES string of the molecule is CN1Cc2cnc3ccc(-c4ccc(CO)nc4)nc3c2N(c2cccc(C(F)(F)F)c2)C1=O. The number of fused-ring (bicyclic) bond motifs is 3. The first-order valence-corrected chi connectivity index (χ1v) is 10.3. The Hall–Kier alpha value is -4.05. The number of halogens is 3. The van der Waals surface area contributed by atoms with Crippen LogP contribution in [0.4, 0.5) is 29.3 Å². The lowest BCUT2D eigenvalue weighted by atomic mass is 10.1. The van der Waals surface area contributed by atoms with Gasteiger partial charge in [-0.25, -0.2) is 9.78 Å². The molecule has 172 valence electrons. The molecule has 0 fully saturated rings. The molecule has 4 heterocycles. The van der Waals surface area contributed by atoms with Gasteiger partial charge in [0.05, 0.1) is 47.0 Å². The van der Waals surface area contributed by atoms with Gasteiger partial charge in [-0.2, -0.15) is 13.2 Å². The summed E-state index contributed by atoms with van der Waals surface area (Å²) in [6.45, 7) is 0.0513. The van der Waals surface area contributed by atoms with Gasteiger partial charge >= 0.3 is 12.2 Å². The molecule has 1 aliphatic rings. The molecule has 0 aliphatic carbocycles. The third-order valence-corrected chi connectivity index (χ3v) is 5.63. The number of carbonyl (C=O) groups is 1. The zero-order chi connectivity index (χ0) is 24.0. The van der Waals surface area contributed by atoms with Crippen LogP contribution in [0, 0.1) is 0 Å². The molecular weight excluding hydrogens is 447 g/mol. The van der Waals surface area contributed by atoms with Gasteiger partial charge in [0.15, 0.2) is 0 Å². The van der Waals surface area contributed by atoms with Crippen molar-refractivity contribution in [3.05, 3.63) is 77.7 Å². The molecule has 4 aromatic rings. The highest BCUT2D eigenvalue weighted by Gasteiger charge is 2.35. The highest BCUT2D eigenvalue weighted by Crippen LogP contribution is 2.40. The summed E-state index contributed by atoms with van der Waals surface area (Å²) in [6.07, 6.45) is -1.37. The maximum absolute atomic E-state index is 13.4. The topological polar surface area (TPSA) is 82.4 Å². The Balaban J connectivity index is 1.72. The maximum Gasteiger partial charge on any atom is 0.416 e. The van der Waals surface area contributed by atoms with Gasteiger partial charge in [0.1, 0.15) is 5.52 Å². The van der Waals surface area contributed by atoms with Crippen molar-refractivity contribution in [1.82, 2.24) is 19.9 Å². The minimum atomic E-state index is -4.55. The quantitative estimate of drug-likeness (QED) is 0.465. The minimum absolute atomic E-state index is 0.0845. The van der Waals surface area contributed by atoms with Crippen molar-refractivity contribution < 1.29 is 23.1 Å². The molecule has 0 saturated heterocycles. The second-order valence-corrected chi connectivity index (χ2v) is 7.91. The van der Waals surface area contributed by atoms with Crippen LogP contribution in [0.15, 0.2) is 60.9 Å². The van der Waals surface area contributed by atoms with Crippen LogP contribution in [-0.2, 0) is 19.3 Å². The van der Waals surface area contributed by atoms with Gasteiger partial charge in [-0.15, -0.1) is 0 Å². The standard InChI is InChI=1S/C24H18F3N5O2/c1-31-12-15-11-29-20-8-7-19(14-5-6-17(13-33)28-10-14)30-21(20)22(15)32(23(31)34)18-4-2-3-16(9-18)24(25,26)27/h2-11,33H,12-13H2,1H3. The van der Waals surface area contributed by atoms with Crippen molar-refractivity contribution in [3.63, 3.8) is 0 Å². The predicted molar refractivity (Wildman–Crippen MR) is 119 cm³/mol. The summed E-state index contributed by atoms with van der Waals surface area (Å²) in [7, 11) is 1.58. The number of nitrogens with zero attached hydrogens (tertiary/aromatic N) is 5. The molecule has 5 rings (SSSR count). The number of anilines is 2. The number of aliphatic hydroxyl groups excluding tert-OH is 1. The van der Waals surface area contributed by atoms with Crippen LogP contribution in [0.2, 0.25) is 0 Å². The Morgan fingerprint density at radius 1 is 1.06 bits per heavy atom. The fraction of sp³-hybridized carbons (Fsp3) is 0.167. The normalized spacial score (nSPS) is 14.0. The number of pyridine rings is 3. The molecule has 3 aromatic heterocycles. The van der Waals surface area contributed by atoms with Crippen molar-refractivity contribution in [2.45, 2.75) is 19.3 Å². The largest absolute Gasteiger partial charge is 0.416 e. The lowest BCUT2D eigenvalue weighted by Crippen LogP contribution is -2.42. The summed E-state index contributed by atoms with van der Waals surface area (Å²) in [6, 6.07) is 11.1. The molecule has 1 aliphatic heterocycles. The van der Waals surface area contributed by atoms with E-state index in [0.29, 0.717) is 39.2 Å². The summed E-state index contributed by atoms with van der Waals surface area (Å²) >= 11 is 0. The van der Waals surface area contributed by atoms with E-state index in [1.54, 1.807) is 43.7 Å². The van der Waals surface area contributed by atoms with Gasteiger partial charge in [0, 0.05) is 30.6 Å². The van der Waals surface area contributed by atoms with Crippen LogP contribution in [0.1, 0.15) is 16.8 Å². The third kappa shape index (κ3) is 3.71. The van der Waals surface area contributed by atoms with E-state index in [-0.39, 0.29) is 18.8 Å².